The van der Waals surface area contributed by atoms with Crippen LogP contribution in [0, 0.1) is 17.5 Å². The normalized spacial score (nSPS) is 20.6. The molecule has 1 aliphatic heterocycles. The van der Waals surface area contributed by atoms with Gasteiger partial charge in [-0.3, -0.25) is 4.18 Å². The zero-order valence-electron chi connectivity index (χ0n) is 12.5. The summed E-state index contributed by atoms with van der Waals surface area (Å²) in [5.74, 6) is -4.02. The highest BCUT2D eigenvalue weighted by Crippen LogP contribution is 2.35. The van der Waals surface area contributed by atoms with Crippen molar-refractivity contribution in [3.05, 3.63) is 35.1 Å². The fraction of sp³-hybridized carbons (Fsp3) is 0.462. The molecule has 1 fully saturated rings. The van der Waals surface area contributed by atoms with Crippen LogP contribution in [-0.2, 0) is 19.2 Å². The monoisotopic (exact) mass is 353 g/mol. The van der Waals surface area contributed by atoms with Gasteiger partial charge < -0.3 is 4.74 Å². The second-order valence-corrected chi connectivity index (χ2v) is 7.31. The molecule has 0 spiro atoms. The molecule has 0 bridgehead atoms. The van der Waals surface area contributed by atoms with Crippen molar-refractivity contribution >= 4 is 16.4 Å². The third kappa shape index (κ3) is 3.58. The highest BCUT2D eigenvalue weighted by atomic mass is 32.2. The number of amides is 1. The maximum atomic E-state index is 13.9. The molecule has 0 unspecified atom stereocenters. The number of ether oxygens (including phenoxy) is 1. The van der Waals surface area contributed by atoms with Gasteiger partial charge in [-0.2, -0.15) is 12.7 Å². The molecule has 0 radical (unpaired) electrons. The molecule has 1 heterocycles. The molecule has 128 valence electrons. The van der Waals surface area contributed by atoms with Gasteiger partial charge in [0.25, 0.3) is 0 Å². The Hall–Kier alpha value is -1.81. The molecule has 1 saturated heterocycles. The first-order chi connectivity index (χ1) is 10.4. The molecular weight excluding hydrogens is 339 g/mol. The average Bonchev–Trinajstić information content (AvgIpc) is 2.67. The van der Waals surface area contributed by atoms with E-state index in [1.165, 1.54) is 20.8 Å². The fourth-order valence-electron chi connectivity index (χ4n) is 1.97. The molecule has 10 heteroatoms. The zero-order chi connectivity index (χ0) is 17.6. The minimum atomic E-state index is -4.52. The summed E-state index contributed by atoms with van der Waals surface area (Å²) in [6.07, 6.45) is -1.30. The van der Waals surface area contributed by atoms with Crippen molar-refractivity contribution in [3.63, 3.8) is 0 Å². The van der Waals surface area contributed by atoms with Crippen LogP contribution in [0.4, 0.5) is 18.0 Å². The third-order valence-corrected chi connectivity index (χ3v) is 4.19. The van der Waals surface area contributed by atoms with E-state index in [1.807, 2.05) is 0 Å². The Labute approximate surface area is 131 Å². The first-order valence-corrected chi connectivity index (χ1v) is 7.85. The minimum Gasteiger partial charge on any atom is -0.443 e. The lowest BCUT2D eigenvalue weighted by Crippen LogP contribution is -2.39. The number of nitrogens with zero attached hydrogens (tertiary/aromatic N) is 1. The van der Waals surface area contributed by atoms with Gasteiger partial charge in [-0.25, -0.2) is 18.0 Å². The molecular formula is C13H14F3NO5S. The van der Waals surface area contributed by atoms with Crippen molar-refractivity contribution in [2.75, 3.05) is 6.61 Å². The highest BCUT2D eigenvalue weighted by Gasteiger charge is 2.46. The Balaban J connectivity index is 2.46. The van der Waals surface area contributed by atoms with Gasteiger partial charge in [-0.15, -0.1) is 0 Å². The van der Waals surface area contributed by atoms with Crippen LogP contribution < -0.4 is 0 Å². The van der Waals surface area contributed by atoms with Gasteiger partial charge >= 0.3 is 16.4 Å². The Kier molecular flexibility index (Phi) is 4.33. The maximum absolute atomic E-state index is 13.9. The molecule has 1 aliphatic rings. The molecule has 1 amide bonds. The van der Waals surface area contributed by atoms with Crippen molar-refractivity contribution in [1.82, 2.24) is 4.31 Å². The second kappa shape index (κ2) is 5.68. The van der Waals surface area contributed by atoms with E-state index in [-0.39, 0.29) is 10.4 Å². The lowest BCUT2D eigenvalue weighted by atomic mass is 10.1. The summed E-state index contributed by atoms with van der Waals surface area (Å²) < 4.78 is 73.5. The quantitative estimate of drug-likeness (QED) is 0.726. The number of carbonyl (C=O) groups is 1. The number of rotatable bonds is 1. The van der Waals surface area contributed by atoms with E-state index in [0.29, 0.717) is 6.07 Å². The molecule has 1 aromatic rings. The maximum Gasteiger partial charge on any atom is 0.426 e. The Morgan fingerprint density at radius 2 is 1.78 bits per heavy atom. The van der Waals surface area contributed by atoms with E-state index in [1.54, 1.807) is 0 Å². The third-order valence-electron chi connectivity index (χ3n) is 2.87. The van der Waals surface area contributed by atoms with E-state index < -0.39 is 57.7 Å². The number of benzene rings is 1. The fourth-order valence-corrected chi connectivity index (χ4v) is 3.09. The standard InChI is InChI=1S/C13H14F3NO5S/c1-13(2,3)22-12(18)17-11(6-21-23(17,19)20)7-4-9(15)10(16)5-8(7)14/h4-5,11H,6H2,1-3H3/t11-/m1/s1. The predicted molar refractivity (Wildman–Crippen MR) is 72.0 cm³/mol. The van der Waals surface area contributed by atoms with Crippen LogP contribution in [0.1, 0.15) is 32.4 Å². The van der Waals surface area contributed by atoms with Gasteiger partial charge in [-0.1, -0.05) is 0 Å². The number of hydrogen-bond donors (Lipinski definition) is 0. The molecule has 0 aliphatic carbocycles. The molecule has 23 heavy (non-hydrogen) atoms. The SMILES string of the molecule is CC(C)(C)OC(=O)N1[C@@H](c2cc(F)c(F)cc2F)COS1(=O)=O. The van der Waals surface area contributed by atoms with Crippen LogP contribution in [0.2, 0.25) is 0 Å². The highest BCUT2D eigenvalue weighted by molar-refractivity contribution is 7.85. The largest absolute Gasteiger partial charge is 0.443 e. The summed E-state index contributed by atoms with van der Waals surface area (Å²) >= 11 is 0. The Bertz CT molecular complexity index is 745. The zero-order valence-corrected chi connectivity index (χ0v) is 13.3. The number of carbonyl (C=O) groups excluding carboxylic acids is 1. The molecule has 6 nitrogen and oxygen atoms in total. The second-order valence-electron chi connectivity index (χ2n) is 5.82. The van der Waals surface area contributed by atoms with Crippen molar-refractivity contribution in [2.24, 2.45) is 0 Å². The van der Waals surface area contributed by atoms with Crippen LogP contribution >= 0.6 is 0 Å². The Morgan fingerprint density at radius 3 is 2.35 bits per heavy atom. The molecule has 1 aromatic carbocycles. The lowest BCUT2D eigenvalue weighted by Gasteiger charge is -2.26. The lowest BCUT2D eigenvalue weighted by molar-refractivity contribution is 0.0354. The summed E-state index contributed by atoms with van der Waals surface area (Å²) in [5.41, 5.74) is -1.55. The van der Waals surface area contributed by atoms with E-state index in [4.69, 9.17) is 4.74 Å². The smallest absolute Gasteiger partial charge is 0.426 e. The van der Waals surface area contributed by atoms with Crippen molar-refractivity contribution in [1.29, 1.82) is 0 Å². The Morgan fingerprint density at radius 1 is 1.22 bits per heavy atom. The van der Waals surface area contributed by atoms with E-state index in [0.717, 1.165) is 0 Å². The van der Waals surface area contributed by atoms with Crippen LogP contribution in [0.3, 0.4) is 0 Å². The van der Waals surface area contributed by atoms with Gasteiger partial charge in [0.1, 0.15) is 17.5 Å². The number of halogens is 3. The average molecular weight is 353 g/mol. The van der Waals surface area contributed by atoms with Crippen molar-refractivity contribution in [3.8, 4) is 0 Å². The van der Waals surface area contributed by atoms with Crippen molar-refractivity contribution < 1.29 is 35.3 Å². The van der Waals surface area contributed by atoms with Gasteiger partial charge in [0.2, 0.25) is 0 Å². The molecule has 2 rings (SSSR count). The van der Waals surface area contributed by atoms with E-state index >= 15 is 0 Å². The number of hydrogen-bond acceptors (Lipinski definition) is 5. The van der Waals surface area contributed by atoms with E-state index in [9.17, 15) is 26.4 Å². The van der Waals surface area contributed by atoms with Gasteiger partial charge in [0, 0.05) is 11.6 Å². The topological polar surface area (TPSA) is 72.9 Å². The van der Waals surface area contributed by atoms with Crippen LogP contribution in [0.5, 0.6) is 0 Å². The minimum absolute atomic E-state index is 0.175. The molecule has 0 saturated carbocycles. The first-order valence-electron chi connectivity index (χ1n) is 6.48. The van der Waals surface area contributed by atoms with Crippen molar-refractivity contribution in [2.45, 2.75) is 32.4 Å². The van der Waals surface area contributed by atoms with Gasteiger partial charge in [-0.05, 0) is 26.8 Å². The molecule has 0 N–H and O–H groups in total. The van der Waals surface area contributed by atoms with Crippen LogP contribution in [-0.4, -0.2) is 31.0 Å². The summed E-state index contributed by atoms with van der Waals surface area (Å²) in [4.78, 5) is 12.1. The summed E-state index contributed by atoms with van der Waals surface area (Å²) in [6, 6.07) is -0.746. The summed E-state index contributed by atoms with van der Waals surface area (Å²) in [6.45, 7) is 3.87. The van der Waals surface area contributed by atoms with E-state index in [2.05, 4.69) is 4.18 Å². The van der Waals surface area contributed by atoms with Gasteiger partial charge in [0.05, 0.1) is 6.61 Å². The molecule has 0 aromatic heterocycles. The summed E-state index contributed by atoms with van der Waals surface area (Å²) in [7, 11) is -4.52. The predicted octanol–water partition coefficient (Wildman–Crippen LogP) is 2.66. The van der Waals surface area contributed by atoms with Gasteiger partial charge in [0.15, 0.2) is 11.6 Å². The first kappa shape index (κ1) is 17.5. The van der Waals surface area contributed by atoms with Crippen LogP contribution in [0.15, 0.2) is 12.1 Å². The van der Waals surface area contributed by atoms with Crippen LogP contribution in [0.25, 0.3) is 0 Å². The molecule has 1 atom stereocenters. The summed E-state index contributed by atoms with van der Waals surface area (Å²) in [5, 5.41) is 0.